The molecule has 31 heavy (non-hydrogen) atoms. The first-order valence-corrected chi connectivity index (χ1v) is 10.7. The number of para-hydroxylation sites is 1. The van der Waals surface area contributed by atoms with Crippen LogP contribution in [-0.2, 0) is 14.4 Å². The summed E-state index contributed by atoms with van der Waals surface area (Å²) in [6.07, 6.45) is 5.79. The molecular formula is C23H31N5O3. The first-order chi connectivity index (χ1) is 14.8. The Hall–Kier alpha value is -3.16. The van der Waals surface area contributed by atoms with Gasteiger partial charge in [0.05, 0.1) is 6.54 Å². The molecule has 1 aromatic rings. The molecule has 0 radical (unpaired) electrons. The molecule has 1 saturated heterocycles. The SMILES string of the molecule is CC1=CC(NC(=O)[C@@H]2C[C@@H](C)CN2C(=O)CNc2ccccc2C(=N)C(N)=O)CCC1. The van der Waals surface area contributed by atoms with E-state index in [1.165, 1.54) is 5.57 Å². The second-order valence-electron chi connectivity index (χ2n) is 8.56. The van der Waals surface area contributed by atoms with Crippen molar-refractivity contribution in [2.24, 2.45) is 11.7 Å². The molecule has 0 bridgehead atoms. The lowest BCUT2D eigenvalue weighted by atomic mass is 9.96. The molecular weight excluding hydrogens is 394 g/mol. The van der Waals surface area contributed by atoms with Crippen molar-refractivity contribution in [2.75, 3.05) is 18.4 Å². The maximum Gasteiger partial charge on any atom is 0.267 e. The summed E-state index contributed by atoms with van der Waals surface area (Å²) < 4.78 is 0. The summed E-state index contributed by atoms with van der Waals surface area (Å²) in [5.41, 5.74) is 7.02. The molecule has 8 nitrogen and oxygen atoms in total. The third-order valence-electron chi connectivity index (χ3n) is 5.91. The minimum absolute atomic E-state index is 0.0268. The topological polar surface area (TPSA) is 128 Å². The number of hydrogen-bond acceptors (Lipinski definition) is 5. The van der Waals surface area contributed by atoms with Gasteiger partial charge in [-0.3, -0.25) is 19.8 Å². The fraction of sp³-hybridized carbons (Fsp3) is 0.478. The Balaban J connectivity index is 1.65. The van der Waals surface area contributed by atoms with Gasteiger partial charge in [-0.25, -0.2) is 0 Å². The number of likely N-dealkylation sites (tertiary alicyclic amines) is 1. The summed E-state index contributed by atoms with van der Waals surface area (Å²) in [5.74, 6) is -0.902. The maximum atomic E-state index is 13.0. The van der Waals surface area contributed by atoms with E-state index in [1.807, 2.05) is 6.92 Å². The number of hydrogen-bond donors (Lipinski definition) is 4. The molecule has 8 heteroatoms. The number of nitrogens with zero attached hydrogens (tertiary/aromatic N) is 1. The van der Waals surface area contributed by atoms with Crippen LogP contribution >= 0.6 is 0 Å². The molecule has 3 rings (SSSR count). The van der Waals surface area contributed by atoms with E-state index in [2.05, 4.69) is 23.6 Å². The van der Waals surface area contributed by atoms with Gasteiger partial charge in [-0.1, -0.05) is 36.8 Å². The number of carbonyl (C=O) groups excluding carboxylic acids is 3. The fourth-order valence-electron chi connectivity index (χ4n) is 4.33. The van der Waals surface area contributed by atoms with Gasteiger partial charge in [-0.15, -0.1) is 0 Å². The van der Waals surface area contributed by atoms with Crippen LogP contribution in [0.5, 0.6) is 0 Å². The summed E-state index contributed by atoms with van der Waals surface area (Å²) >= 11 is 0. The lowest BCUT2D eigenvalue weighted by Gasteiger charge is -2.27. The number of nitrogens with one attached hydrogen (secondary N) is 3. The average molecular weight is 426 g/mol. The number of primary amides is 1. The highest BCUT2D eigenvalue weighted by Gasteiger charge is 2.38. The van der Waals surface area contributed by atoms with E-state index in [0.29, 0.717) is 24.2 Å². The van der Waals surface area contributed by atoms with E-state index in [0.717, 1.165) is 19.3 Å². The van der Waals surface area contributed by atoms with Crippen LogP contribution in [0.4, 0.5) is 5.69 Å². The highest BCUT2D eigenvalue weighted by atomic mass is 16.2. The quantitative estimate of drug-likeness (QED) is 0.392. The summed E-state index contributed by atoms with van der Waals surface area (Å²) in [6, 6.07) is 6.28. The summed E-state index contributed by atoms with van der Waals surface area (Å²) in [7, 11) is 0. The summed E-state index contributed by atoms with van der Waals surface area (Å²) in [6.45, 7) is 4.60. The van der Waals surface area contributed by atoms with Crippen molar-refractivity contribution >= 4 is 29.1 Å². The number of allylic oxidation sites excluding steroid dienone is 1. The van der Waals surface area contributed by atoms with Gasteiger partial charge in [-0.2, -0.15) is 0 Å². The van der Waals surface area contributed by atoms with Crippen LogP contribution in [0.15, 0.2) is 35.9 Å². The van der Waals surface area contributed by atoms with Gasteiger partial charge in [0.15, 0.2) is 0 Å². The van der Waals surface area contributed by atoms with Crippen molar-refractivity contribution in [3.63, 3.8) is 0 Å². The van der Waals surface area contributed by atoms with Crippen LogP contribution in [0.3, 0.4) is 0 Å². The Labute approximate surface area is 182 Å². The number of rotatable bonds is 7. The molecule has 1 heterocycles. The largest absolute Gasteiger partial charge is 0.376 e. The van der Waals surface area contributed by atoms with E-state index in [1.54, 1.807) is 29.2 Å². The standard InChI is InChI=1S/C23H31N5O3/c1-14-6-5-7-16(10-14)27-23(31)19-11-15(2)13-28(19)20(29)12-26-18-9-4-3-8-17(18)21(24)22(25)30/h3-4,8-10,15-16,19,24,26H,5-7,11-13H2,1-2H3,(H2,25,30)(H,27,31)/t15-,16?,19+/m1/s1. The van der Waals surface area contributed by atoms with Gasteiger partial charge in [0.1, 0.15) is 11.8 Å². The van der Waals surface area contributed by atoms with E-state index in [4.69, 9.17) is 11.1 Å². The van der Waals surface area contributed by atoms with Gasteiger partial charge < -0.3 is 21.3 Å². The van der Waals surface area contributed by atoms with E-state index in [9.17, 15) is 14.4 Å². The predicted octanol–water partition coefficient (Wildman–Crippen LogP) is 1.80. The lowest BCUT2D eigenvalue weighted by molar-refractivity contribution is -0.137. The van der Waals surface area contributed by atoms with Crippen molar-refractivity contribution in [3.8, 4) is 0 Å². The first kappa shape index (κ1) is 22.5. The molecule has 1 aliphatic carbocycles. The molecule has 0 spiro atoms. The van der Waals surface area contributed by atoms with Gasteiger partial charge in [0, 0.05) is 23.8 Å². The van der Waals surface area contributed by atoms with Gasteiger partial charge in [0.25, 0.3) is 5.91 Å². The minimum Gasteiger partial charge on any atom is -0.376 e. The van der Waals surface area contributed by atoms with Gasteiger partial charge in [0.2, 0.25) is 11.8 Å². The molecule has 1 aliphatic heterocycles. The van der Waals surface area contributed by atoms with Crippen LogP contribution in [0.2, 0.25) is 0 Å². The van der Waals surface area contributed by atoms with Crippen molar-refractivity contribution in [3.05, 3.63) is 41.5 Å². The molecule has 166 valence electrons. The normalized spacial score (nSPS) is 23.1. The number of benzene rings is 1. The Morgan fingerprint density at radius 2 is 2.00 bits per heavy atom. The van der Waals surface area contributed by atoms with E-state index < -0.39 is 11.9 Å². The zero-order valence-corrected chi connectivity index (χ0v) is 18.1. The van der Waals surface area contributed by atoms with E-state index in [-0.39, 0.29) is 36.0 Å². The summed E-state index contributed by atoms with van der Waals surface area (Å²) in [5, 5.41) is 14.0. The smallest absolute Gasteiger partial charge is 0.267 e. The number of nitrogens with two attached hydrogens (primary N) is 1. The summed E-state index contributed by atoms with van der Waals surface area (Å²) in [4.78, 5) is 38.9. The van der Waals surface area contributed by atoms with Gasteiger partial charge in [-0.05, 0) is 44.6 Å². The third kappa shape index (κ3) is 5.51. The highest BCUT2D eigenvalue weighted by Crippen LogP contribution is 2.25. The van der Waals surface area contributed by atoms with Crippen LogP contribution in [0, 0.1) is 11.3 Å². The van der Waals surface area contributed by atoms with Crippen molar-refractivity contribution in [1.82, 2.24) is 10.2 Å². The molecule has 3 amide bonds. The third-order valence-corrected chi connectivity index (χ3v) is 5.91. The predicted molar refractivity (Wildman–Crippen MR) is 120 cm³/mol. The Morgan fingerprint density at radius 3 is 2.71 bits per heavy atom. The molecule has 1 unspecified atom stereocenters. The Kier molecular flexibility index (Phi) is 7.09. The Bertz CT molecular complexity index is 910. The zero-order chi connectivity index (χ0) is 22.5. The van der Waals surface area contributed by atoms with Crippen LogP contribution in [0.25, 0.3) is 0 Å². The fourth-order valence-corrected chi connectivity index (χ4v) is 4.33. The lowest BCUT2D eigenvalue weighted by Crippen LogP contribution is -2.50. The molecule has 2 aliphatic rings. The van der Waals surface area contributed by atoms with Gasteiger partial charge >= 0.3 is 0 Å². The van der Waals surface area contributed by atoms with Crippen LogP contribution < -0.4 is 16.4 Å². The first-order valence-electron chi connectivity index (χ1n) is 10.7. The Morgan fingerprint density at radius 1 is 1.26 bits per heavy atom. The number of carbonyl (C=O) groups is 3. The maximum absolute atomic E-state index is 13.0. The molecule has 0 aromatic heterocycles. The molecule has 3 atom stereocenters. The minimum atomic E-state index is -0.835. The van der Waals surface area contributed by atoms with Crippen LogP contribution in [-0.4, -0.2) is 53.5 Å². The second kappa shape index (κ2) is 9.76. The highest BCUT2D eigenvalue weighted by molar-refractivity contribution is 6.44. The van der Waals surface area contributed by atoms with Crippen molar-refractivity contribution in [2.45, 2.75) is 51.6 Å². The molecule has 0 saturated carbocycles. The second-order valence-corrected chi connectivity index (χ2v) is 8.56. The van der Waals surface area contributed by atoms with Crippen LogP contribution in [0.1, 0.15) is 45.1 Å². The van der Waals surface area contributed by atoms with E-state index >= 15 is 0 Å². The van der Waals surface area contributed by atoms with Crippen molar-refractivity contribution < 1.29 is 14.4 Å². The molecule has 1 aromatic carbocycles. The van der Waals surface area contributed by atoms with Crippen molar-refractivity contribution in [1.29, 1.82) is 5.41 Å². The monoisotopic (exact) mass is 425 g/mol. The number of anilines is 1. The molecule has 1 fully saturated rings. The average Bonchev–Trinajstić information content (AvgIpc) is 3.13. The zero-order valence-electron chi connectivity index (χ0n) is 18.1. The number of amides is 3. The molecule has 5 N–H and O–H groups in total.